The number of halogens is 1. The van der Waals surface area contributed by atoms with E-state index in [0.717, 1.165) is 5.56 Å². The van der Waals surface area contributed by atoms with E-state index in [0.29, 0.717) is 28.1 Å². The molecule has 0 fully saturated rings. The van der Waals surface area contributed by atoms with Gasteiger partial charge >= 0.3 is 0 Å². The van der Waals surface area contributed by atoms with Crippen molar-refractivity contribution < 1.29 is 9.50 Å². The molecule has 0 spiro atoms. The maximum Gasteiger partial charge on any atom is 0.220 e. The Balaban J connectivity index is 1.66. The lowest BCUT2D eigenvalue weighted by Crippen LogP contribution is -2.29. The van der Waals surface area contributed by atoms with Crippen LogP contribution in [0.3, 0.4) is 0 Å². The van der Waals surface area contributed by atoms with E-state index < -0.39 is 11.4 Å². The molecule has 9 nitrogen and oxygen atoms in total. The van der Waals surface area contributed by atoms with E-state index in [2.05, 4.69) is 25.0 Å². The van der Waals surface area contributed by atoms with Crippen molar-refractivity contribution in [3.63, 3.8) is 0 Å². The summed E-state index contributed by atoms with van der Waals surface area (Å²) in [7, 11) is 1.83. The van der Waals surface area contributed by atoms with Gasteiger partial charge in [-0.1, -0.05) is 25.1 Å². The number of anilines is 1. The number of nitrogens with one attached hydrogen (secondary N) is 1. The number of nitrogen functional groups attached to an aromatic ring is 1. The third-order valence-corrected chi connectivity index (χ3v) is 5.66. The minimum Gasteiger partial charge on any atom is -0.379 e. The zero-order valence-corrected chi connectivity index (χ0v) is 18.0. The number of hydrogen-bond donors (Lipinski definition) is 3. The van der Waals surface area contributed by atoms with E-state index in [9.17, 15) is 9.50 Å². The Kier molecular flexibility index (Phi) is 4.86. The van der Waals surface area contributed by atoms with Gasteiger partial charge in [0.15, 0.2) is 5.65 Å². The number of aromatic amines is 1. The second kappa shape index (κ2) is 7.75. The summed E-state index contributed by atoms with van der Waals surface area (Å²) >= 11 is 0. The summed E-state index contributed by atoms with van der Waals surface area (Å²) in [6, 6.07) is 7.68. The van der Waals surface area contributed by atoms with Gasteiger partial charge in [-0.3, -0.25) is 4.68 Å². The average molecular weight is 444 g/mol. The molecule has 5 aromatic rings. The molecule has 4 heterocycles. The maximum atomic E-state index is 14.6. The van der Waals surface area contributed by atoms with Crippen LogP contribution >= 0.6 is 0 Å². The molecule has 0 aliphatic heterocycles. The Labute approximate surface area is 188 Å². The van der Waals surface area contributed by atoms with E-state index in [1.165, 1.54) is 12.1 Å². The average Bonchev–Trinajstić information content (AvgIpc) is 3.44. The van der Waals surface area contributed by atoms with Crippen molar-refractivity contribution in [2.75, 3.05) is 5.73 Å². The van der Waals surface area contributed by atoms with Crippen molar-refractivity contribution in [3.05, 3.63) is 72.2 Å². The number of aromatic nitrogens is 7. The first kappa shape index (κ1) is 20.7. The molecule has 4 aromatic heterocycles. The highest BCUT2D eigenvalue weighted by Crippen LogP contribution is 2.36. The first-order chi connectivity index (χ1) is 15.9. The number of nitrogens with two attached hydrogens (primary N) is 1. The Morgan fingerprint density at radius 3 is 2.70 bits per heavy atom. The molecule has 1 atom stereocenters. The Morgan fingerprint density at radius 2 is 1.97 bits per heavy atom. The van der Waals surface area contributed by atoms with Gasteiger partial charge < -0.3 is 15.8 Å². The van der Waals surface area contributed by atoms with Gasteiger partial charge in [0.05, 0.1) is 29.5 Å². The lowest BCUT2D eigenvalue weighted by atomic mass is 9.86. The molecule has 1 aromatic carbocycles. The maximum absolute atomic E-state index is 14.6. The lowest BCUT2D eigenvalue weighted by Gasteiger charge is -2.27. The van der Waals surface area contributed by atoms with Crippen LogP contribution in [0.25, 0.3) is 33.7 Å². The number of benzene rings is 1. The second-order valence-electron chi connectivity index (χ2n) is 7.75. The normalized spacial score (nSPS) is 13.3. The first-order valence-electron chi connectivity index (χ1n) is 10.3. The predicted molar refractivity (Wildman–Crippen MR) is 121 cm³/mol. The molecule has 166 valence electrons. The summed E-state index contributed by atoms with van der Waals surface area (Å²) in [5, 5.41) is 15.6. The summed E-state index contributed by atoms with van der Waals surface area (Å²) in [5.41, 5.74) is 8.32. The molecule has 5 rings (SSSR count). The monoisotopic (exact) mass is 444 g/mol. The lowest BCUT2D eigenvalue weighted by molar-refractivity contribution is 0.0681. The van der Waals surface area contributed by atoms with Gasteiger partial charge in [-0.15, -0.1) is 0 Å². The fourth-order valence-electron chi connectivity index (χ4n) is 3.90. The molecular weight excluding hydrogens is 423 g/mol. The number of rotatable bonds is 5. The summed E-state index contributed by atoms with van der Waals surface area (Å²) in [4.78, 5) is 20.9. The Bertz CT molecular complexity index is 1480. The highest BCUT2D eigenvalue weighted by molar-refractivity contribution is 5.90. The number of hydrogen-bond acceptors (Lipinski definition) is 7. The van der Waals surface area contributed by atoms with Crippen molar-refractivity contribution in [1.29, 1.82) is 0 Å². The largest absolute Gasteiger partial charge is 0.379 e. The van der Waals surface area contributed by atoms with E-state index in [-0.39, 0.29) is 23.6 Å². The van der Waals surface area contributed by atoms with E-state index in [1.807, 2.05) is 13.2 Å². The van der Waals surface area contributed by atoms with Crippen molar-refractivity contribution in [2.24, 2.45) is 7.05 Å². The molecule has 33 heavy (non-hydrogen) atoms. The Hall–Kier alpha value is -4.18. The highest BCUT2D eigenvalue weighted by atomic mass is 19.1. The zero-order valence-electron chi connectivity index (χ0n) is 18.0. The van der Waals surface area contributed by atoms with Crippen LogP contribution in [0.2, 0.25) is 0 Å². The fourth-order valence-corrected chi connectivity index (χ4v) is 3.90. The van der Waals surface area contributed by atoms with Gasteiger partial charge in [0, 0.05) is 36.1 Å². The SMILES string of the molecule is CCC(O)(c1cc(-c2c[nH]c3ncc(-c4cnn(C)c4)nc23)nc(N)n1)c1ccccc1F. The molecule has 0 saturated heterocycles. The van der Waals surface area contributed by atoms with Crippen LogP contribution in [0.15, 0.2) is 55.1 Å². The molecule has 1 unspecified atom stereocenters. The van der Waals surface area contributed by atoms with Crippen LogP contribution in [0.5, 0.6) is 0 Å². The van der Waals surface area contributed by atoms with E-state index >= 15 is 0 Å². The number of aliphatic hydroxyl groups is 1. The fraction of sp³-hybridized carbons (Fsp3) is 0.174. The number of fused-ring (bicyclic) bond motifs is 1. The van der Waals surface area contributed by atoms with Gasteiger partial charge in [0.1, 0.15) is 16.9 Å². The van der Waals surface area contributed by atoms with Crippen LogP contribution in [0, 0.1) is 5.82 Å². The number of aryl methyl sites for hydroxylation is 1. The van der Waals surface area contributed by atoms with Crippen molar-refractivity contribution in [2.45, 2.75) is 18.9 Å². The smallest absolute Gasteiger partial charge is 0.220 e. The highest BCUT2D eigenvalue weighted by Gasteiger charge is 2.34. The minimum absolute atomic E-state index is 0.0450. The molecular formula is C23H21FN8O. The molecule has 0 aliphatic carbocycles. The first-order valence-corrected chi connectivity index (χ1v) is 10.3. The molecule has 10 heteroatoms. The number of nitrogens with zero attached hydrogens (tertiary/aromatic N) is 6. The minimum atomic E-state index is -1.68. The van der Waals surface area contributed by atoms with E-state index in [1.54, 1.807) is 48.4 Å². The van der Waals surface area contributed by atoms with Gasteiger partial charge in [-0.2, -0.15) is 5.10 Å². The molecule has 0 radical (unpaired) electrons. The van der Waals surface area contributed by atoms with Gasteiger partial charge in [0.2, 0.25) is 5.95 Å². The third-order valence-electron chi connectivity index (χ3n) is 5.66. The summed E-state index contributed by atoms with van der Waals surface area (Å²) in [6.07, 6.45) is 7.12. The van der Waals surface area contributed by atoms with Gasteiger partial charge in [-0.25, -0.2) is 24.3 Å². The van der Waals surface area contributed by atoms with Crippen LogP contribution < -0.4 is 5.73 Å². The van der Waals surface area contributed by atoms with Crippen molar-refractivity contribution in [1.82, 2.24) is 34.7 Å². The molecule has 4 N–H and O–H groups in total. The molecule has 0 aliphatic rings. The summed E-state index contributed by atoms with van der Waals surface area (Å²) < 4.78 is 16.3. The molecule has 0 amide bonds. The molecule has 0 saturated carbocycles. The summed E-state index contributed by atoms with van der Waals surface area (Å²) in [6.45, 7) is 1.75. The van der Waals surface area contributed by atoms with Crippen LogP contribution in [-0.2, 0) is 12.6 Å². The number of H-pyrrole nitrogens is 1. The zero-order chi connectivity index (χ0) is 23.2. The van der Waals surface area contributed by atoms with Crippen LogP contribution in [-0.4, -0.2) is 39.8 Å². The summed E-state index contributed by atoms with van der Waals surface area (Å²) in [5.74, 6) is -0.573. The van der Waals surface area contributed by atoms with E-state index in [4.69, 9.17) is 10.7 Å². The second-order valence-corrected chi connectivity index (χ2v) is 7.75. The topological polar surface area (TPSA) is 131 Å². The van der Waals surface area contributed by atoms with Crippen LogP contribution in [0.1, 0.15) is 24.6 Å². The quantitative estimate of drug-likeness (QED) is 0.379. The van der Waals surface area contributed by atoms with Crippen molar-refractivity contribution in [3.8, 4) is 22.5 Å². The standard InChI is InChI=1S/C23H21FN8O/c1-3-23(33,15-6-4-5-7-16(15)24)19-8-17(30-22(25)31-19)14-10-26-21-20(14)29-18(11-27-21)13-9-28-32(2)12-13/h4-12,33H,3H2,1-2H3,(H,26,27)(H2,25,30,31). The van der Waals surface area contributed by atoms with Crippen molar-refractivity contribution >= 4 is 17.1 Å². The van der Waals surface area contributed by atoms with Crippen LogP contribution in [0.4, 0.5) is 10.3 Å². The molecule has 0 bridgehead atoms. The predicted octanol–water partition coefficient (Wildman–Crippen LogP) is 3.18. The van der Waals surface area contributed by atoms with Gasteiger partial charge in [0.25, 0.3) is 0 Å². The third kappa shape index (κ3) is 3.50. The van der Waals surface area contributed by atoms with Gasteiger partial charge in [-0.05, 0) is 18.6 Å². The Morgan fingerprint density at radius 1 is 1.15 bits per heavy atom.